The van der Waals surface area contributed by atoms with Gasteiger partial charge in [-0.1, -0.05) is 20.4 Å². The zero-order valence-electron chi connectivity index (χ0n) is 9.54. The van der Waals surface area contributed by atoms with Gasteiger partial charge < -0.3 is 4.74 Å². The van der Waals surface area contributed by atoms with Gasteiger partial charge in [-0.05, 0) is 13.8 Å². The van der Waals surface area contributed by atoms with E-state index in [1.54, 1.807) is 0 Å². The van der Waals surface area contributed by atoms with E-state index in [0.717, 1.165) is 11.5 Å². The summed E-state index contributed by atoms with van der Waals surface area (Å²) in [4.78, 5) is 0. The minimum Gasteiger partial charge on any atom is -0.498 e. The number of hydrogen-bond acceptors (Lipinski definition) is 2. The first-order chi connectivity index (χ1) is 6.29. The Morgan fingerprint density at radius 1 is 1.43 bits per heavy atom. The van der Waals surface area contributed by atoms with Gasteiger partial charge in [0.05, 0.1) is 6.26 Å². The molecule has 1 rings (SSSR count). The summed E-state index contributed by atoms with van der Waals surface area (Å²) in [6, 6.07) is 0. The van der Waals surface area contributed by atoms with E-state index in [0.29, 0.717) is 6.54 Å². The molecule has 81 valence electrons. The summed E-state index contributed by atoms with van der Waals surface area (Å²) in [5, 5.41) is 12.9. The summed E-state index contributed by atoms with van der Waals surface area (Å²) in [5.41, 5.74) is -0.436. The smallest absolute Gasteiger partial charge is 0.106 e. The molecule has 0 aromatic heterocycles. The summed E-state index contributed by atoms with van der Waals surface area (Å²) in [6.07, 6.45) is 2.30. The number of piperidine rings is 1. The summed E-state index contributed by atoms with van der Waals surface area (Å²) >= 11 is 0. The van der Waals surface area contributed by atoms with Crippen LogP contribution >= 0.6 is 0 Å². The number of hydrogen-bond donors (Lipinski definition) is 0. The quantitative estimate of drug-likeness (QED) is 0.638. The molecule has 14 heavy (non-hydrogen) atoms. The number of rotatable bonds is 2. The summed E-state index contributed by atoms with van der Waals surface area (Å²) in [7, 11) is 0. The molecule has 1 unspecified atom stereocenters. The van der Waals surface area contributed by atoms with Crippen LogP contribution in [0.15, 0.2) is 12.8 Å². The van der Waals surface area contributed by atoms with Crippen molar-refractivity contribution in [1.29, 1.82) is 0 Å². The fourth-order valence-electron chi connectivity index (χ4n) is 1.87. The highest BCUT2D eigenvalue weighted by Crippen LogP contribution is 2.38. The Balaban J connectivity index is 2.80. The highest BCUT2D eigenvalue weighted by Gasteiger charge is 2.46. The van der Waals surface area contributed by atoms with Gasteiger partial charge in [0.2, 0.25) is 0 Å². The second kappa shape index (κ2) is 3.55. The molecule has 1 atom stereocenters. The zero-order valence-corrected chi connectivity index (χ0v) is 9.54. The van der Waals surface area contributed by atoms with Gasteiger partial charge in [-0.2, -0.15) is 0 Å². The van der Waals surface area contributed by atoms with Crippen LogP contribution < -0.4 is 0 Å². The highest BCUT2D eigenvalue weighted by atomic mass is 16.5. The van der Waals surface area contributed by atoms with E-state index in [1.165, 1.54) is 6.26 Å². The van der Waals surface area contributed by atoms with Crippen molar-refractivity contribution in [3.8, 4) is 0 Å². The van der Waals surface area contributed by atoms with Crippen LogP contribution in [-0.2, 0) is 9.94 Å². The molecule has 1 saturated heterocycles. The van der Waals surface area contributed by atoms with Crippen molar-refractivity contribution in [2.45, 2.75) is 45.8 Å². The second-order valence-electron chi connectivity index (χ2n) is 5.33. The predicted octanol–water partition coefficient (Wildman–Crippen LogP) is 2.37. The van der Waals surface area contributed by atoms with Crippen molar-refractivity contribution in [1.82, 2.24) is 5.06 Å². The molecular weight excluding hydrogens is 178 g/mol. The summed E-state index contributed by atoms with van der Waals surface area (Å²) in [6.45, 7) is 12.1. The van der Waals surface area contributed by atoms with Crippen LogP contribution in [0.4, 0.5) is 0 Å². The van der Waals surface area contributed by atoms with Gasteiger partial charge in [0.25, 0.3) is 0 Å². The Hall–Kier alpha value is -0.540. The third kappa shape index (κ3) is 2.10. The Morgan fingerprint density at radius 2 is 2.00 bits per heavy atom. The molecule has 0 amide bonds. The molecule has 1 fully saturated rings. The van der Waals surface area contributed by atoms with Crippen LogP contribution in [0.1, 0.15) is 34.1 Å². The lowest BCUT2D eigenvalue weighted by Gasteiger charge is -2.48. The maximum absolute atomic E-state index is 11.7. The van der Waals surface area contributed by atoms with Gasteiger partial charge in [-0.15, -0.1) is 10.3 Å². The molecule has 0 aromatic carbocycles. The third-order valence-corrected chi connectivity index (χ3v) is 3.04. The topological polar surface area (TPSA) is 32.4 Å². The van der Waals surface area contributed by atoms with E-state index in [9.17, 15) is 5.21 Å². The van der Waals surface area contributed by atoms with E-state index < -0.39 is 0 Å². The summed E-state index contributed by atoms with van der Waals surface area (Å²) < 4.78 is 5.48. The molecule has 0 N–H and O–H groups in total. The van der Waals surface area contributed by atoms with Crippen LogP contribution in [-0.4, -0.2) is 23.3 Å². The molecule has 1 aliphatic rings. The molecule has 1 radical (unpaired) electrons. The minimum absolute atomic E-state index is 0.0835. The van der Waals surface area contributed by atoms with Gasteiger partial charge in [0.15, 0.2) is 0 Å². The first-order valence-corrected chi connectivity index (χ1v) is 5.01. The van der Waals surface area contributed by atoms with E-state index in [1.807, 2.05) is 13.8 Å². The average Bonchev–Trinajstić information content (AvgIpc) is 2.00. The van der Waals surface area contributed by atoms with Crippen molar-refractivity contribution < 1.29 is 9.94 Å². The molecule has 3 nitrogen and oxygen atoms in total. The lowest BCUT2D eigenvalue weighted by molar-refractivity contribution is -0.269. The molecule has 3 heteroatoms. The molecular formula is C11H20NO2. The second-order valence-corrected chi connectivity index (χ2v) is 5.33. The number of hydroxylamine groups is 2. The van der Waals surface area contributed by atoms with E-state index in [2.05, 4.69) is 20.4 Å². The molecule has 1 heterocycles. The van der Waals surface area contributed by atoms with Crippen molar-refractivity contribution in [3.05, 3.63) is 12.8 Å². The van der Waals surface area contributed by atoms with Gasteiger partial charge in [0, 0.05) is 23.9 Å². The van der Waals surface area contributed by atoms with Crippen molar-refractivity contribution in [2.24, 2.45) is 5.41 Å². The SMILES string of the molecule is C=COC1CC(C)(C)N([O])CC1(C)C. The Kier molecular flexibility index (Phi) is 2.93. The molecule has 1 aliphatic heterocycles. The van der Waals surface area contributed by atoms with Crippen LogP contribution in [0, 0.1) is 5.41 Å². The van der Waals surface area contributed by atoms with Gasteiger partial charge in [-0.3, -0.25) is 0 Å². The van der Waals surface area contributed by atoms with Crippen LogP contribution in [0.5, 0.6) is 0 Å². The van der Waals surface area contributed by atoms with Crippen molar-refractivity contribution in [2.75, 3.05) is 6.54 Å². The molecule has 0 bridgehead atoms. The van der Waals surface area contributed by atoms with Crippen LogP contribution in [0.3, 0.4) is 0 Å². The third-order valence-electron chi connectivity index (χ3n) is 3.04. The minimum atomic E-state index is -0.330. The van der Waals surface area contributed by atoms with E-state index in [4.69, 9.17) is 4.74 Å². The van der Waals surface area contributed by atoms with Crippen LogP contribution in [0.25, 0.3) is 0 Å². The standard InChI is InChI=1S/C11H20NO2/c1-6-14-9-7-11(4,5)12(13)8-10(9,2)3/h6,9H,1,7-8H2,2-5H3. The lowest BCUT2D eigenvalue weighted by Crippen LogP contribution is -2.57. The fraction of sp³-hybridized carbons (Fsp3) is 0.818. The lowest BCUT2D eigenvalue weighted by atomic mass is 9.75. The van der Waals surface area contributed by atoms with E-state index >= 15 is 0 Å². The average molecular weight is 198 g/mol. The fourth-order valence-corrected chi connectivity index (χ4v) is 1.87. The highest BCUT2D eigenvalue weighted by molar-refractivity contribution is 4.95. The molecule has 0 aromatic rings. The number of ether oxygens (including phenoxy) is 1. The maximum atomic E-state index is 11.7. The van der Waals surface area contributed by atoms with E-state index in [-0.39, 0.29) is 17.1 Å². The van der Waals surface area contributed by atoms with Crippen molar-refractivity contribution >= 4 is 0 Å². The van der Waals surface area contributed by atoms with Crippen molar-refractivity contribution in [3.63, 3.8) is 0 Å². The van der Waals surface area contributed by atoms with Gasteiger partial charge in [-0.25, -0.2) is 0 Å². The summed E-state index contributed by atoms with van der Waals surface area (Å²) in [5.74, 6) is 0. The predicted molar refractivity (Wildman–Crippen MR) is 54.9 cm³/mol. The monoisotopic (exact) mass is 198 g/mol. The zero-order chi connectivity index (χ0) is 11.0. The molecule has 0 aliphatic carbocycles. The number of nitrogens with zero attached hydrogens (tertiary/aromatic N) is 1. The maximum Gasteiger partial charge on any atom is 0.106 e. The molecule has 0 saturated carbocycles. The Bertz CT molecular complexity index is 223. The Labute approximate surface area is 86.3 Å². The Morgan fingerprint density at radius 3 is 2.50 bits per heavy atom. The van der Waals surface area contributed by atoms with Gasteiger partial charge >= 0.3 is 0 Å². The first kappa shape index (κ1) is 11.5. The first-order valence-electron chi connectivity index (χ1n) is 5.01. The molecule has 0 spiro atoms. The largest absolute Gasteiger partial charge is 0.498 e. The van der Waals surface area contributed by atoms with Crippen LogP contribution in [0.2, 0.25) is 0 Å². The normalized spacial score (nSPS) is 31.1. The van der Waals surface area contributed by atoms with Gasteiger partial charge in [0.1, 0.15) is 6.10 Å².